The number of rotatable bonds is 6. The number of phenolic OH excluding ortho intramolecular Hbond substituents is 2. The number of pyridine rings is 1. The Kier molecular flexibility index (Phi) is 4.99. The van der Waals surface area contributed by atoms with E-state index in [1.807, 2.05) is 23.6 Å². The molecule has 0 atom stereocenters. The second-order valence-corrected chi connectivity index (χ2v) is 6.15. The first-order valence-corrected chi connectivity index (χ1v) is 8.60. The number of carbonyl (C=O) groups excluding carboxylic acids is 1. The van der Waals surface area contributed by atoms with E-state index in [1.165, 1.54) is 30.0 Å². The molecule has 0 saturated carbocycles. The molecule has 3 aromatic rings. The number of thioether (sulfide) groups is 1. The fourth-order valence-electron chi connectivity index (χ4n) is 2.30. The standard InChI is InChI=1S/C17H16N4O3S/c1-2-21-16(12-4-3-7-18-9-12)19-20-17(21)25-10-15(24)11-5-6-13(22)14(23)8-11/h3-9,22-23H,2,10H2,1H3. The maximum absolute atomic E-state index is 12.3. The Labute approximate surface area is 148 Å². The van der Waals surface area contributed by atoms with Gasteiger partial charge in [-0.1, -0.05) is 11.8 Å². The fraction of sp³-hybridized carbons (Fsp3) is 0.176. The molecule has 0 amide bonds. The Morgan fingerprint density at radius 3 is 2.72 bits per heavy atom. The molecular formula is C17H16N4O3S. The van der Waals surface area contributed by atoms with Gasteiger partial charge in [0.2, 0.25) is 0 Å². The number of phenols is 2. The van der Waals surface area contributed by atoms with Crippen LogP contribution in [0.5, 0.6) is 11.5 Å². The van der Waals surface area contributed by atoms with Crippen LogP contribution in [-0.4, -0.2) is 41.5 Å². The van der Waals surface area contributed by atoms with Gasteiger partial charge >= 0.3 is 0 Å². The molecule has 2 N–H and O–H groups in total. The number of aromatic nitrogens is 4. The van der Waals surface area contributed by atoms with E-state index in [1.54, 1.807) is 12.4 Å². The van der Waals surface area contributed by atoms with Crippen molar-refractivity contribution in [2.24, 2.45) is 0 Å². The minimum atomic E-state index is -0.313. The molecule has 0 fully saturated rings. The lowest BCUT2D eigenvalue weighted by molar-refractivity contribution is 0.102. The first kappa shape index (κ1) is 17.0. The third-order valence-electron chi connectivity index (χ3n) is 3.58. The van der Waals surface area contributed by atoms with Crippen LogP contribution < -0.4 is 0 Å². The topological polar surface area (TPSA) is 101 Å². The Morgan fingerprint density at radius 2 is 2.04 bits per heavy atom. The van der Waals surface area contributed by atoms with Crippen LogP contribution in [0.3, 0.4) is 0 Å². The van der Waals surface area contributed by atoms with Gasteiger partial charge < -0.3 is 14.8 Å². The molecule has 0 radical (unpaired) electrons. The molecule has 25 heavy (non-hydrogen) atoms. The molecule has 2 aromatic heterocycles. The quantitative estimate of drug-likeness (QED) is 0.398. The van der Waals surface area contributed by atoms with Crippen molar-refractivity contribution >= 4 is 17.5 Å². The average molecular weight is 356 g/mol. The third kappa shape index (κ3) is 3.63. The van der Waals surface area contributed by atoms with Crippen molar-refractivity contribution in [1.29, 1.82) is 0 Å². The number of aromatic hydroxyl groups is 2. The summed E-state index contributed by atoms with van der Waals surface area (Å²) in [6.07, 6.45) is 3.41. The number of Topliss-reactive ketones (excluding diaryl/α,β-unsaturated/α-hetero) is 1. The summed E-state index contributed by atoms with van der Waals surface area (Å²) in [6.45, 7) is 2.64. The monoisotopic (exact) mass is 356 g/mol. The summed E-state index contributed by atoms with van der Waals surface area (Å²) >= 11 is 1.28. The molecule has 0 aliphatic carbocycles. The van der Waals surface area contributed by atoms with Crippen molar-refractivity contribution in [1.82, 2.24) is 19.7 Å². The number of carbonyl (C=O) groups is 1. The SMILES string of the molecule is CCn1c(SCC(=O)c2ccc(O)c(O)c2)nnc1-c1cccnc1. The van der Waals surface area contributed by atoms with Crippen LogP contribution in [0.4, 0.5) is 0 Å². The minimum Gasteiger partial charge on any atom is -0.504 e. The normalized spacial score (nSPS) is 10.8. The summed E-state index contributed by atoms with van der Waals surface area (Å²) in [5.41, 5.74) is 1.19. The lowest BCUT2D eigenvalue weighted by Gasteiger charge is -2.07. The van der Waals surface area contributed by atoms with E-state index in [2.05, 4.69) is 15.2 Å². The van der Waals surface area contributed by atoms with Gasteiger partial charge in [-0.2, -0.15) is 0 Å². The van der Waals surface area contributed by atoms with Gasteiger partial charge in [0.05, 0.1) is 5.75 Å². The molecule has 0 bridgehead atoms. The highest BCUT2D eigenvalue weighted by molar-refractivity contribution is 7.99. The van der Waals surface area contributed by atoms with Gasteiger partial charge in [-0.3, -0.25) is 9.78 Å². The van der Waals surface area contributed by atoms with Crippen molar-refractivity contribution in [3.63, 3.8) is 0 Å². The Bertz CT molecular complexity index is 896. The zero-order valence-corrected chi connectivity index (χ0v) is 14.3. The molecule has 0 saturated heterocycles. The lowest BCUT2D eigenvalue weighted by Crippen LogP contribution is -2.05. The number of benzene rings is 1. The summed E-state index contributed by atoms with van der Waals surface area (Å²) in [5, 5.41) is 27.8. The Hall–Kier alpha value is -2.87. The van der Waals surface area contributed by atoms with E-state index >= 15 is 0 Å². The highest BCUT2D eigenvalue weighted by Gasteiger charge is 2.16. The maximum Gasteiger partial charge on any atom is 0.191 e. The smallest absolute Gasteiger partial charge is 0.191 e. The van der Waals surface area contributed by atoms with Crippen molar-refractivity contribution in [2.45, 2.75) is 18.6 Å². The number of hydrogen-bond acceptors (Lipinski definition) is 7. The maximum atomic E-state index is 12.3. The van der Waals surface area contributed by atoms with Crippen LogP contribution in [0.1, 0.15) is 17.3 Å². The fourth-order valence-corrected chi connectivity index (χ4v) is 3.20. The first-order valence-electron chi connectivity index (χ1n) is 7.61. The van der Waals surface area contributed by atoms with Crippen molar-refractivity contribution < 1.29 is 15.0 Å². The summed E-state index contributed by atoms with van der Waals surface area (Å²) < 4.78 is 1.92. The zero-order valence-electron chi connectivity index (χ0n) is 13.5. The van der Waals surface area contributed by atoms with Crippen LogP contribution in [0, 0.1) is 0 Å². The van der Waals surface area contributed by atoms with Crippen LogP contribution >= 0.6 is 11.8 Å². The average Bonchev–Trinajstić information content (AvgIpc) is 3.05. The zero-order chi connectivity index (χ0) is 17.8. The molecule has 3 rings (SSSR count). The van der Waals surface area contributed by atoms with Crippen LogP contribution in [-0.2, 0) is 6.54 Å². The van der Waals surface area contributed by atoms with Crippen LogP contribution in [0.15, 0.2) is 47.9 Å². The van der Waals surface area contributed by atoms with Gasteiger partial charge in [-0.15, -0.1) is 10.2 Å². The third-order valence-corrected chi connectivity index (χ3v) is 4.55. The minimum absolute atomic E-state index is 0.148. The van der Waals surface area contributed by atoms with E-state index in [0.29, 0.717) is 23.1 Å². The molecule has 2 heterocycles. The molecule has 0 aliphatic rings. The summed E-state index contributed by atoms with van der Waals surface area (Å²) in [7, 11) is 0. The summed E-state index contributed by atoms with van der Waals surface area (Å²) in [6, 6.07) is 7.76. The highest BCUT2D eigenvalue weighted by atomic mass is 32.2. The van der Waals surface area contributed by atoms with Gasteiger partial charge in [0, 0.05) is 30.1 Å². The molecule has 1 aromatic carbocycles. The number of hydrogen-bond donors (Lipinski definition) is 2. The highest BCUT2D eigenvalue weighted by Crippen LogP contribution is 2.27. The van der Waals surface area contributed by atoms with E-state index in [4.69, 9.17) is 0 Å². The number of nitrogens with zero attached hydrogens (tertiary/aromatic N) is 4. The summed E-state index contributed by atoms with van der Waals surface area (Å²) in [5.74, 6) is 0.110. The molecule has 0 aliphatic heterocycles. The predicted molar refractivity (Wildman–Crippen MR) is 93.8 cm³/mol. The number of ketones is 1. The second kappa shape index (κ2) is 7.35. The Morgan fingerprint density at radius 1 is 1.20 bits per heavy atom. The summed E-state index contributed by atoms with van der Waals surface area (Å²) in [4.78, 5) is 16.4. The Balaban J connectivity index is 1.76. The van der Waals surface area contributed by atoms with E-state index < -0.39 is 0 Å². The van der Waals surface area contributed by atoms with Gasteiger partial charge in [-0.05, 0) is 37.3 Å². The van der Waals surface area contributed by atoms with Gasteiger partial charge in [0.25, 0.3) is 0 Å². The molecular weight excluding hydrogens is 340 g/mol. The van der Waals surface area contributed by atoms with Crippen LogP contribution in [0.2, 0.25) is 0 Å². The largest absolute Gasteiger partial charge is 0.504 e. The predicted octanol–water partition coefficient (Wildman–Crippen LogP) is 2.75. The second-order valence-electron chi connectivity index (χ2n) is 5.21. The molecule has 128 valence electrons. The molecule has 8 heteroatoms. The van der Waals surface area contributed by atoms with Crippen LogP contribution in [0.25, 0.3) is 11.4 Å². The van der Waals surface area contributed by atoms with E-state index in [-0.39, 0.29) is 23.0 Å². The molecule has 0 unspecified atom stereocenters. The van der Waals surface area contributed by atoms with E-state index in [0.717, 1.165) is 5.56 Å². The van der Waals surface area contributed by atoms with Crippen molar-refractivity contribution in [2.75, 3.05) is 5.75 Å². The van der Waals surface area contributed by atoms with Crippen molar-refractivity contribution in [3.8, 4) is 22.9 Å². The lowest BCUT2D eigenvalue weighted by atomic mass is 10.1. The van der Waals surface area contributed by atoms with Gasteiger partial charge in [-0.25, -0.2) is 0 Å². The van der Waals surface area contributed by atoms with Gasteiger partial charge in [0.15, 0.2) is 28.3 Å². The van der Waals surface area contributed by atoms with E-state index in [9.17, 15) is 15.0 Å². The molecule has 0 spiro atoms. The van der Waals surface area contributed by atoms with Gasteiger partial charge in [0.1, 0.15) is 0 Å². The first-order chi connectivity index (χ1) is 12.1. The molecule has 7 nitrogen and oxygen atoms in total. The van der Waals surface area contributed by atoms with Crippen molar-refractivity contribution in [3.05, 3.63) is 48.3 Å².